The van der Waals surface area contributed by atoms with E-state index in [0.29, 0.717) is 5.02 Å². The maximum atomic E-state index is 12.5. The molecular formula is C18H16ClNO. The minimum atomic E-state index is 0.0161. The van der Waals surface area contributed by atoms with Crippen molar-refractivity contribution in [3.05, 3.63) is 70.8 Å². The first kappa shape index (κ1) is 13.9. The lowest BCUT2D eigenvalue weighted by molar-refractivity contribution is -0.114. The van der Waals surface area contributed by atoms with Gasteiger partial charge >= 0.3 is 0 Å². The topological polar surface area (TPSA) is 20.3 Å². The number of rotatable bonds is 2. The van der Waals surface area contributed by atoms with Crippen LogP contribution in [0.1, 0.15) is 18.1 Å². The van der Waals surface area contributed by atoms with Crippen LogP contribution in [-0.2, 0) is 11.2 Å². The number of carbonyl (C=O) groups is 1. The predicted octanol–water partition coefficient (Wildman–Crippen LogP) is 4.33. The highest BCUT2D eigenvalue weighted by Crippen LogP contribution is 2.32. The lowest BCUT2D eigenvalue weighted by atomic mass is 10.1. The summed E-state index contributed by atoms with van der Waals surface area (Å²) in [5.41, 5.74) is 3.22. The van der Waals surface area contributed by atoms with Gasteiger partial charge in [-0.2, -0.15) is 0 Å². The second-order valence-corrected chi connectivity index (χ2v) is 5.71. The first-order valence-electron chi connectivity index (χ1n) is 7.00. The molecule has 2 aromatic carbocycles. The van der Waals surface area contributed by atoms with Gasteiger partial charge in [-0.15, -0.1) is 0 Å². The number of hydrogen-bond acceptors (Lipinski definition) is 1. The van der Waals surface area contributed by atoms with E-state index in [-0.39, 0.29) is 11.9 Å². The van der Waals surface area contributed by atoms with E-state index in [1.165, 1.54) is 5.56 Å². The van der Waals surface area contributed by atoms with E-state index in [4.69, 9.17) is 11.6 Å². The summed E-state index contributed by atoms with van der Waals surface area (Å²) in [6.07, 6.45) is 4.37. The van der Waals surface area contributed by atoms with Crippen molar-refractivity contribution in [3.8, 4) is 0 Å². The van der Waals surface area contributed by atoms with Crippen LogP contribution in [0.2, 0.25) is 5.02 Å². The summed E-state index contributed by atoms with van der Waals surface area (Å²) in [7, 11) is 0. The molecule has 1 aliphatic heterocycles. The third-order valence-electron chi connectivity index (χ3n) is 3.73. The maximum absolute atomic E-state index is 12.5. The van der Waals surface area contributed by atoms with Crippen LogP contribution in [0.15, 0.2) is 54.6 Å². The largest absolute Gasteiger partial charge is 0.305 e. The van der Waals surface area contributed by atoms with Crippen LogP contribution >= 0.6 is 11.6 Å². The fourth-order valence-corrected chi connectivity index (χ4v) is 2.85. The number of hydrogen-bond donors (Lipinski definition) is 0. The Morgan fingerprint density at radius 2 is 1.90 bits per heavy atom. The molecule has 1 atom stereocenters. The molecule has 1 aliphatic rings. The van der Waals surface area contributed by atoms with Gasteiger partial charge in [0.25, 0.3) is 5.91 Å². The number of para-hydroxylation sites is 1. The number of carbonyl (C=O) groups excluding carboxylic acids is 1. The average Bonchev–Trinajstić information content (AvgIpc) is 2.82. The van der Waals surface area contributed by atoms with Gasteiger partial charge in [0.1, 0.15) is 0 Å². The maximum Gasteiger partial charge on any atom is 0.251 e. The highest BCUT2D eigenvalue weighted by atomic mass is 35.5. The van der Waals surface area contributed by atoms with E-state index in [1.54, 1.807) is 6.08 Å². The van der Waals surface area contributed by atoms with Crippen molar-refractivity contribution in [3.63, 3.8) is 0 Å². The van der Waals surface area contributed by atoms with Crippen LogP contribution in [0.25, 0.3) is 6.08 Å². The molecule has 3 rings (SSSR count). The minimum absolute atomic E-state index is 0.0161. The van der Waals surface area contributed by atoms with Crippen LogP contribution in [-0.4, -0.2) is 11.9 Å². The summed E-state index contributed by atoms with van der Waals surface area (Å²) in [5.74, 6) is 0.0161. The highest BCUT2D eigenvalue weighted by Gasteiger charge is 2.28. The number of halogens is 1. The molecule has 1 heterocycles. The lowest BCUT2D eigenvalue weighted by Gasteiger charge is -2.20. The van der Waals surface area contributed by atoms with Gasteiger partial charge in [-0.3, -0.25) is 4.79 Å². The number of amides is 1. The van der Waals surface area contributed by atoms with Crippen LogP contribution in [0.3, 0.4) is 0 Å². The number of benzene rings is 2. The normalized spacial score (nSPS) is 17.2. The molecule has 0 unspecified atom stereocenters. The summed E-state index contributed by atoms with van der Waals surface area (Å²) in [5, 5.41) is 0.695. The van der Waals surface area contributed by atoms with E-state index in [1.807, 2.05) is 53.4 Å². The van der Waals surface area contributed by atoms with Crippen LogP contribution < -0.4 is 4.90 Å². The van der Waals surface area contributed by atoms with E-state index in [2.05, 4.69) is 13.0 Å². The van der Waals surface area contributed by atoms with E-state index in [9.17, 15) is 4.79 Å². The Balaban J connectivity index is 1.81. The molecule has 3 heteroatoms. The van der Waals surface area contributed by atoms with Crippen molar-refractivity contribution in [1.29, 1.82) is 0 Å². The second kappa shape index (κ2) is 5.74. The molecule has 0 saturated carbocycles. The fraction of sp³-hybridized carbons (Fsp3) is 0.167. The molecule has 2 nitrogen and oxygen atoms in total. The molecule has 0 saturated heterocycles. The lowest BCUT2D eigenvalue weighted by Crippen LogP contribution is -2.34. The molecule has 0 aromatic heterocycles. The molecule has 2 aromatic rings. The van der Waals surface area contributed by atoms with E-state index >= 15 is 0 Å². The SMILES string of the molecule is C[C@@H]1Cc2ccccc2N1C(=O)/C=C/c1ccc(Cl)cc1. The first-order valence-corrected chi connectivity index (χ1v) is 7.38. The van der Waals surface area contributed by atoms with Crippen LogP contribution in [0, 0.1) is 0 Å². The highest BCUT2D eigenvalue weighted by molar-refractivity contribution is 6.30. The van der Waals surface area contributed by atoms with Crippen molar-refractivity contribution in [2.45, 2.75) is 19.4 Å². The molecule has 1 amide bonds. The molecule has 21 heavy (non-hydrogen) atoms. The summed E-state index contributed by atoms with van der Waals surface area (Å²) in [6.45, 7) is 2.08. The molecular weight excluding hydrogens is 282 g/mol. The van der Waals surface area contributed by atoms with Crippen molar-refractivity contribution in [1.82, 2.24) is 0 Å². The Labute approximate surface area is 129 Å². The van der Waals surface area contributed by atoms with Gasteiger partial charge in [-0.05, 0) is 48.7 Å². The van der Waals surface area contributed by atoms with Crippen LogP contribution in [0.4, 0.5) is 5.69 Å². The number of anilines is 1. The average molecular weight is 298 g/mol. The predicted molar refractivity (Wildman–Crippen MR) is 87.6 cm³/mol. The van der Waals surface area contributed by atoms with Gasteiger partial charge in [0.15, 0.2) is 0 Å². The zero-order chi connectivity index (χ0) is 14.8. The smallest absolute Gasteiger partial charge is 0.251 e. The van der Waals surface area contributed by atoms with Gasteiger partial charge in [0.2, 0.25) is 0 Å². The summed E-state index contributed by atoms with van der Waals surface area (Å²) < 4.78 is 0. The van der Waals surface area contributed by atoms with Gasteiger partial charge in [0, 0.05) is 22.8 Å². The van der Waals surface area contributed by atoms with Gasteiger partial charge in [0.05, 0.1) is 0 Å². The van der Waals surface area contributed by atoms with Crippen molar-refractivity contribution in [2.75, 3.05) is 4.90 Å². The molecule has 0 aliphatic carbocycles. The monoisotopic (exact) mass is 297 g/mol. The molecule has 0 fully saturated rings. The zero-order valence-corrected chi connectivity index (χ0v) is 12.5. The van der Waals surface area contributed by atoms with Crippen molar-refractivity contribution >= 4 is 29.3 Å². The van der Waals surface area contributed by atoms with E-state index < -0.39 is 0 Å². The van der Waals surface area contributed by atoms with Crippen LogP contribution in [0.5, 0.6) is 0 Å². The molecule has 0 radical (unpaired) electrons. The number of nitrogens with zero attached hydrogens (tertiary/aromatic N) is 1. The third-order valence-corrected chi connectivity index (χ3v) is 3.99. The number of fused-ring (bicyclic) bond motifs is 1. The van der Waals surface area contributed by atoms with E-state index in [0.717, 1.165) is 17.7 Å². The standard InChI is InChI=1S/C18H16ClNO/c1-13-12-15-4-2-3-5-17(15)20(13)18(21)11-8-14-6-9-16(19)10-7-14/h2-11,13H,12H2,1H3/b11-8+/t13-/m1/s1. The Kier molecular flexibility index (Phi) is 3.80. The molecule has 0 N–H and O–H groups in total. The summed E-state index contributed by atoms with van der Waals surface area (Å²) in [6, 6.07) is 15.7. The van der Waals surface area contributed by atoms with Gasteiger partial charge in [-0.25, -0.2) is 0 Å². The molecule has 0 spiro atoms. The zero-order valence-electron chi connectivity index (χ0n) is 11.8. The summed E-state index contributed by atoms with van der Waals surface area (Å²) in [4.78, 5) is 14.3. The Morgan fingerprint density at radius 1 is 1.19 bits per heavy atom. The van der Waals surface area contributed by atoms with Gasteiger partial charge < -0.3 is 4.90 Å². The Hall–Kier alpha value is -2.06. The quantitative estimate of drug-likeness (QED) is 0.756. The fourth-order valence-electron chi connectivity index (χ4n) is 2.72. The Bertz CT molecular complexity index is 691. The second-order valence-electron chi connectivity index (χ2n) is 5.27. The molecule has 0 bridgehead atoms. The van der Waals surface area contributed by atoms with Gasteiger partial charge in [-0.1, -0.05) is 41.9 Å². The van der Waals surface area contributed by atoms with Crippen molar-refractivity contribution < 1.29 is 4.79 Å². The molecule has 106 valence electrons. The van der Waals surface area contributed by atoms with Crippen molar-refractivity contribution in [2.24, 2.45) is 0 Å². The Morgan fingerprint density at radius 3 is 2.67 bits per heavy atom. The third kappa shape index (κ3) is 2.86. The minimum Gasteiger partial charge on any atom is -0.305 e. The summed E-state index contributed by atoms with van der Waals surface area (Å²) >= 11 is 5.85. The first-order chi connectivity index (χ1) is 10.1.